The zero-order valence-electron chi connectivity index (χ0n) is 12.6. The number of aromatic nitrogens is 4. The van der Waals surface area contributed by atoms with Crippen molar-refractivity contribution in [2.75, 3.05) is 0 Å². The zero-order chi connectivity index (χ0) is 16.1. The number of nitrogens with zero attached hydrogens (tertiary/aromatic N) is 4. The van der Waals surface area contributed by atoms with Crippen LogP contribution in [0.25, 0.3) is 5.69 Å². The maximum atomic E-state index is 12.0. The molecule has 0 fully saturated rings. The SMILES string of the molecule is CC(C)NC(=O)[C@H](C)OC(=O)c1ccc(-n2cnnn2)cc1. The van der Waals surface area contributed by atoms with Gasteiger partial charge in [-0.15, -0.1) is 5.10 Å². The van der Waals surface area contributed by atoms with Gasteiger partial charge in [0.1, 0.15) is 6.33 Å². The number of benzene rings is 1. The fraction of sp³-hybridized carbons (Fsp3) is 0.357. The molecule has 0 saturated heterocycles. The van der Waals surface area contributed by atoms with Gasteiger partial charge in [0.2, 0.25) is 0 Å². The first-order valence-electron chi connectivity index (χ1n) is 6.82. The van der Waals surface area contributed by atoms with Crippen LogP contribution in [0.2, 0.25) is 0 Å². The molecule has 0 aliphatic carbocycles. The van der Waals surface area contributed by atoms with Crippen molar-refractivity contribution in [2.24, 2.45) is 0 Å². The first kappa shape index (κ1) is 15.6. The van der Waals surface area contributed by atoms with Crippen LogP contribution in [0.4, 0.5) is 0 Å². The van der Waals surface area contributed by atoms with Crippen molar-refractivity contribution in [3.63, 3.8) is 0 Å². The Morgan fingerprint density at radius 3 is 2.41 bits per heavy atom. The quantitative estimate of drug-likeness (QED) is 0.818. The van der Waals surface area contributed by atoms with Gasteiger partial charge in [0.15, 0.2) is 6.10 Å². The summed E-state index contributed by atoms with van der Waals surface area (Å²) in [5.74, 6) is -0.886. The molecule has 1 aromatic heterocycles. The summed E-state index contributed by atoms with van der Waals surface area (Å²) >= 11 is 0. The number of amides is 1. The third-order valence-electron chi connectivity index (χ3n) is 2.80. The Labute approximate surface area is 127 Å². The predicted octanol–water partition coefficient (Wildman–Crippen LogP) is 0.732. The van der Waals surface area contributed by atoms with Gasteiger partial charge in [0, 0.05) is 6.04 Å². The number of carbonyl (C=O) groups excluding carboxylic acids is 2. The molecule has 0 bridgehead atoms. The molecule has 8 heteroatoms. The number of hydrogen-bond donors (Lipinski definition) is 1. The number of nitrogens with one attached hydrogen (secondary N) is 1. The minimum absolute atomic E-state index is 0.00998. The normalized spacial score (nSPS) is 12.0. The van der Waals surface area contributed by atoms with E-state index in [-0.39, 0.29) is 11.9 Å². The van der Waals surface area contributed by atoms with E-state index in [4.69, 9.17) is 4.74 Å². The summed E-state index contributed by atoms with van der Waals surface area (Å²) in [6, 6.07) is 6.54. The second-order valence-corrected chi connectivity index (χ2v) is 5.01. The van der Waals surface area contributed by atoms with Gasteiger partial charge in [-0.1, -0.05) is 0 Å². The molecule has 1 aromatic carbocycles. The van der Waals surface area contributed by atoms with E-state index in [0.29, 0.717) is 11.3 Å². The van der Waals surface area contributed by atoms with Gasteiger partial charge in [0.25, 0.3) is 5.91 Å². The number of rotatable bonds is 5. The molecular formula is C14H17N5O3. The summed E-state index contributed by atoms with van der Waals surface area (Å²) in [7, 11) is 0. The highest BCUT2D eigenvalue weighted by Gasteiger charge is 2.19. The van der Waals surface area contributed by atoms with Gasteiger partial charge in [-0.05, 0) is 55.5 Å². The Hall–Kier alpha value is -2.77. The predicted molar refractivity (Wildman–Crippen MR) is 77.3 cm³/mol. The average Bonchev–Trinajstić information content (AvgIpc) is 3.00. The lowest BCUT2D eigenvalue weighted by Crippen LogP contribution is -2.39. The lowest BCUT2D eigenvalue weighted by molar-refractivity contribution is -0.129. The van der Waals surface area contributed by atoms with Gasteiger partial charge in [-0.3, -0.25) is 4.79 Å². The molecule has 0 saturated carbocycles. The van der Waals surface area contributed by atoms with Crippen molar-refractivity contribution in [3.05, 3.63) is 36.2 Å². The number of ether oxygens (including phenoxy) is 1. The van der Waals surface area contributed by atoms with Crippen LogP contribution in [-0.2, 0) is 9.53 Å². The Balaban J connectivity index is 1.99. The fourth-order valence-electron chi connectivity index (χ4n) is 1.71. The molecule has 2 aromatic rings. The molecule has 116 valence electrons. The fourth-order valence-corrected chi connectivity index (χ4v) is 1.71. The average molecular weight is 303 g/mol. The van der Waals surface area contributed by atoms with E-state index in [1.165, 1.54) is 17.9 Å². The van der Waals surface area contributed by atoms with Gasteiger partial charge in [0.05, 0.1) is 11.3 Å². The Morgan fingerprint density at radius 1 is 1.18 bits per heavy atom. The Morgan fingerprint density at radius 2 is 1.86 bits per heavy atom. The lowest BCUT2D eigenvalue weighted by Gasteiger charge is -2.15. The third-order valence-corrected chi connectivity index (χ3v) is 2.80. The van der Waals surface area contributed by atoms with E-state index in [1.54, 1.807) is 24.3 Å². The van der Waals surface area contributed by atoms with Crippen molar-refractivity contribution in [2.45, 2.75) is 32.9 Å². The molecule has 8 nitrogen and oxygen atoms in total. The molecule has 0 spiro atoms. The molecule has 1 amide bonds. The summed E-state index contributed by atoms with van der Waals surface area (Å²) in [6.45, 7) is 5.21. The zero-order valence-corrected chi connectivity index (χ0v) is 12.6. The molecule has 1 heterocycles. The van der Waals surface area contributed by atoms with Crippen LogP contribution < -0.4 is 5.32 Å². The second-order valence-electron chi connectivity index (χ2n) is 5.01. The van der Waals surface area contributed by atoms with E-state index in [1.807, 2.05) is 13.8 Å². The number of esters is 1. The van der Waals surface area contributed by atoms with Crippen LogP contribution in [-0.4, -0.2) is 44.2 Å². The van der Waals surface area contributed by atoms with Gasteiger partial charge in [-0.2, -0.15) is 0 Å². The van der Waals surface area contributed by atoms with Crippen molar-refractivity contribution in [3.8, 4) is 5.69 Å². The van der Waals surface area contributed by atoms with Crippen molar-refractivity contribution in [1.82, 2.24) is 25.5 Å². The topological polar surface area (TPSA) is 99.0 Å². The number of tetrazole rings is 1. The monoisotopic (exact) mass is 303 g/mol. The summed E-state index contributed by atoms with van der Waals surface area (Å²) in [6.07, 6.45) is 0.597. The summed E-state index contributed by atoms with van der Waals surface area (Å²) in [5.41, 5.74) is 1.06. The summed E-state index contributed by atoms with van der Waals surface area (Å²) in [4.78, 5) is 23.7. The maximum absolute atomic E-state index is 12.0. The Bertz CT molecular complexity index is 637. The van der Waals surface area contributed by atoms with Gasteiger partial charge in [-0.25, -0.2) is 9.48 Å². The van der Waals surface area contributed by atoms with Crippen LogP contribution in [0.5, 0.6) is 0 Å². The first-order valence-corrected chi connectivity index (χ1v) is 6.82. The number of hydrogen-bond acceptors (Lipinski definition) is 6. The molecule has 0 radical (unpaired) electrons. The van der Waals surface area contributed by atoms with Crippen molar-refractivity contribution < 1.29 is 14.3 Å². The van der Waals surface area contributed by atoms with E-state index in [2.05, 4.69) is 20.8 Å². The lowest BCUT2D eigenvalue weighted by atomic mass is 10.2. The maximum Gasteiger partial charge on any atom is 0.338 e. The summed E-state index contributed by atoms with van der Waals surface area (Å²) < 4.78 is 6.60. The van der Waals surface area contributed by atoms with Gasteiger partial charge < -0.3 is 10.1 Å². The largest absolute Gasteiger partial charge is 0.449 e. The smallest absolute Gasteiger partial charge is 0.338 e. The second kappa shape index (κ2) is 6.79. The van der Waals surface area contributed by atoms with Crippen molar-refractivity contribution >= 4 is 11.9 Å². The molecule has 1 N–H and O–H groups in total. The molecule has 0 aliphatic heterocycles. The minimum atomic E-state index is -0.853. The summed E-state index contributed by atoms with van der Waals surface area (Å²) in [5, 5.41) is 13.5. The van der Waals surface area contributed by atoms with Crippen LogP contribution >= 0.6 is 0 Å². The molecule has 2 rings (SSSR count). The highest BCUT2D eigenvalue weighted by Crippen LogP contribution is 2.10. The van der Waals surface area contributed by atoms with Crippen LogP contribution in [0, 0.1) is 0 Å². The molecule has 22 heavy (non-hydrogen) atoms. The van der Waals surface area contributed by atoms with Crippen LogP contribution in [0.15, 0.2) is 30.6 Å². The van der Waals surface area contributed by atoms with Crippen molar-refractivity contribution in [1.29, 1.82) is 0 Å². The van der Waals surface area contributed by atoms with Crippen LogP contribution in [0.1, 0.15) is 31.1 Å². The highest BCUT2D eigenvalue weighted by atomic mass is 16.5. The molecular weight excluding hydrogens is 286 g/mol. The third kappa shape index (κ3) is 3.87. The molecule has 1 atom stereocenters. The van der Waals surface area contributed by atoms with E-state index in [9.17, 15) is 9.59 Å². The first-order chi connectivity index (χ1) is 10.5. The van der Waals surface area contributed by atoms with E-state index < -0.39 is 12.1 Å². The Kier molecular flexibility index (Phi) is 4.82. The van der Waals surface area contributed by atoms with E-state index in [0.717, 1.165) is 0 Å². The van der Waals surface area contributed by atoms with Gasteiger partial charge >= 0.3 is 5.97 Å². The molecule has 0 aliphatic rings. The van der Waals surface area contributed by atoms with E-state index >= 15 is 0 Å². The highest BCUT2D eigenvalue weighted by molar-refractivity contribution is 5.92. The molecule has 0 unspecified atom stereocenters. The minimum Gasteiger partial charge on any atom is -0.449 e. The van der Waals surface area contributed by atoms with Crippen LogP contribution in [0.3, 0.4) is 0 Å². The number of carbonyl (C=O) groups is 2. The standard InChI is InChI=1S/C14H17N5O3/c1-9(2)16-13(20)10(3)22-14(21)11-4-6-12(7-5-11)19-8-15-17-18-19/h4-10H,1-3H3,(H,16,20)/t10-/m0/s1.